The molecule has 18 atom stereocenters. The molecule has 0 saturated carbocycles. The maximum Gasteiger partial charge on any atom is 0.336 e. The number of hydrogen-bond acceptors (Lipinski definition) is 34. The number of carboxylic acid groups (broad SMARTS) is 2. The Hall–Kier alpha value is -13.7. The maximum atomic E-state index is 16.4. The molecule has 7 aromatic carbocycles. The van der Waals surface area contributed by atoms with E-state index in [9.17, 15) is 85.3 Å². The van der Waals surface area contributed by atoms with Gasteiger partial charge in [0.15, 0.2) is 35.1 Å². The SMILES string of the molecule is CC(=O)C1NC(=O)C(c2ccc(O)c(-c3c(O)cc(O)cc3C(N)C(=O)O)c2)NC(=O)C2NC(=O)C(CC(N)=O)NC(=O)C(NC(=O)C(CC(C)C)N(C)c3nc(Cl)nc(Nc4ccc(-c5c6ccc(=O)cc-6oc6cc(O)ccc56)c(C(=O)O)c4)n3)C(O)c3ccc(c(Cl)c3)Oc3cc2cc(c3OC2OC(CO)C(O)C(O)C2OC2CC(C)(N)C(O)C(C)O2)Oc2ccc(cc2Cl)C1O. The second kappa shape index (κ2) is 39.5. The molecule has 24 N–H and O–H groups in total. The number of Topliss-reactive ketones (excluding diaryl/α,β-unsaturated/α-hetero) is 1. The van der Waals surface area contributed by atoms with E-state index in [0.717, 1.165) is 79.7 Å². The van der Waals surface area contributed by atoms with Crippen LogP contribution in [0.15, 0.2) is 143 Å². The van der Waals surface area contributed by atoms with Gasteiger partial charge in [0.05, 0.1) is 40.8 Å². The fourth-order valence-electron chi connectivity index (χ4n) is 16.3. The third-order valence-electron chi connectivity index (χ3n) is 23.1. The first-order valence-electron chi connectivity index (χ1n) is 41.6. The number of hydrogen-bond donors (Lipinski definition) is 21. The number of anilines is 3. The van der Waals surface area contributed by atoms with Crippen LogP contribution in [-0.2, 0) is 52.6 Å². The summed E-state index contributed by atoms with van der Waals surface area (Å²) < 4.78 is 44.7. The quantitative estimate of drug-likeness (QED) is 0.0382. The van der Waals surface area contributed by atoms with E-state index in [-0.39, 0.29) is 75.5 Å². The number of benzene rings is 8. The lowest BCUT2D eigenvalue weighted by atomic mass is 9.86. The number of fused-ring (bicyclic) bond motifs is 18. The average molecular weight is 1920 g/mol. The van der Waals surface area contributed by atoms with Gasteiger partial charge in [-0.1, -0.05) is 61.3 Å². The largest absolute Gasteiger partial charge is 0.508 e. The van der Waals surface area contributed by atoms with Crippen molar-refractivity contribution in [3.63, 3.8) is 0 Å². The van der Waals surface area contributed by atoms with Crippen molar-refractivity contribution in [2.45, 2.75) is 163 Å². The summed E-state index contributed by atoms with van der Waals surface area (Å²) in [6.07, 6.45) is -19.6. The molecule has 16 rings (SSSR count). The number of carbonyl (C=O) groups excluding carboxylic acids is 7. The molecule has 18 unspecified atom stereocenters. The number of ketones is 1. The molecule has 7 bridgehead atoms. The molecule has 1 aliphatic carbocycles. The molecule has 45 heteroatoms. The summed E-state index contributed by atoms with van der Waals surface area (Å²) in [6, 6.07) is 10.5. The van der Waals surface area contributed by atoms with E-state index in [1.54, 1.807) is 13.8 Å². The average Bonchev–Trinajstić information content (AvgIpc) is 0.747. The molecule has 0 radical (unpaired) electrons. The van der Waals surface area contributed by atoms with Gasteiger partial charge in [-0.05, 0) is 169 Å². The minimum Gasteiger partial charge on any atom is -0.508 e. The van der Waals surface area contributed by atoms with E-state index in [2.05, 4.69) is 46.9 Å². The number of phenols is 4. The van der Waals surface area contributed by atoms with Crippen LogP contribution in [0, 0.1) is 5.92 Å². The first kappa shape index (κ1) is 97.3. The molecule has 42 nitrogen and oxygen atoms in total. The van der Waals surface area contributed by atoms with Gasteiger partial charge < -0.3 is 148 Å². The summed E-state index contributed by atoms with van der Waals surface area (Å²) in [5.74, 6) is -19.0. The van der Waals surface area contributed by atoms with E-state index >= 15 is 24.0 Å². The number of primary amides is 1. The second-order valence-electron chi connectivity index (χ2n) is 33.4. The van der Waals surface area contributed by atoms with Crippen molar-refractivity contribution in [1.29, 1.82) is 0 Å². The molecular formula is C90H90Cl3N13O29. The molecule has 8 aromatic rings. The van der Waals surface area contributed by atoms with Crippen molar-refractivity contribution in [3.05, 3.63) is 192 Å². The number of ether oxygens (including phenoxy) is 6. The second-order valence-corrected chi connectivity index (χ2v) is 34.5. The number of aliphatic hydroxyl groups excluding tert-OH is 6. The molecule has 7 aliphatic heterocycles. The number of aromatic carboxylic acids is 1. The Balaban J connectivity index is 0.897. The van der Waals surface area contributed by atoms with Crippen LogP contribution in [0.2, 0.25) is 15.3 Å². The molecule has 8 aliphatic rings. The zero-order valence-corrected chi connectivity index (χ0v) is 74.2. The Morgan fingerprint density at radius 3 is 1.94 bits per heavy atom. The van der Waals surface area contributed by atoms with Crippen LogP contribution < -0.4 is 73.6 Å². The Morgan fingerprint density at radius 2 is 1.31 bits per heavy atom. The van der Waals surface area contributed by atoms with Gasteiger partial charge in [0.25, 0.3) is 0 Å². The fourth-order valence-corrected chi connectivity index (χ4v) is 16.9. The van der Waals surface area contributed by atoms with Gasteiger partial charge >= 0.3 is 11.9 Å². The number of nitrogens with zero attached hydrogens (tertiary/aromatic N) is 4. The van der Waals surface area contributed by atoms with Gasteiger partial charge in [0, 0.05) is 70.5 Å². The van der Waals surface area contributed by atoms with E-state index in [1.165, 1.54) is 86.5 Å². The number of carbonyl (C=O) groups is 9. The smallest absolute Gasteiger partial charge is 0.336 e. The highest BCUT2D eigenvalue weighted by Gasteiger charge is 2.52. The summed E-state index contributed by atoms with van der Waals surface area (Å²) in [5, 5.41) is 150. The summed E-state index contributed by atoms with van der Waals surface area (Å²) in [6.45, 7) is 6.32. The molecule has 2 saturated heterocycles. The number of phenolic OH excluding ortho intramolecular Hbond substituents is 4. The third-order valence-corrected chi connectivity index (χ3v) is 23.9. The van der Waals surface area contributed by atoms with E-state index in [4.69, 9.17) is 84.8 Å². The summed E-state index contributed by atoms with van der Waals surface area (Å²) in [5.41, 5.74) is 14.3. The summed E-state index contributed by atoms with van der Waals surface area (Å²) >= 11 is 21.0. The zero-order chi connectivity index (χ0) is 97.7. The van der Waals surface area contributed by atoms with Crippen LogP contribution in [-0.4, -0.2) is 222 Å². The predicted octanol–water partition coefficient (Wildman–Crippen LogP) is 5.31. The van der Waals surface area contributed by atoms with Crippen molar-refractivity contribution in [1.82, 2.24) is 41.5 Å². The molecule has 710 valence electrons. The van der Waals surface area contributed by atoms with Gasteiger partial charge in [-0.25, -0.2) is 4.79 Å². The van der Waals surface area contributed by atoms with Crippen LogP contribution in [0.3, 0.4) is 0 Å². The lowest BCUT2D eigenvalue weighted by Crippen LogP contribution is -2.64. The van der Waals surface area contributed by atoms with Crippen molar-refractivity contribution >= 4 is 117 Å². The van der Waals surface area contributed by atoms with Crippen LogP contribution in [0.5, 0.6) is 51.7 Å². The molecular weight excluding hydrogens is 1830 g/mol. The highest BCUT2D eigenvalue weighted by Crippen LogP contribution is 2.51. The fraction of sp³-hybridized carbons (Fsp3) is 0.322. The molecule has 1 aromatic heterocycles. The minimum absolute atomic E-state index is 0.0630. The lowest BCUT2D eigenvalue weighted by Gasteiger charge is -2.47. The van der Waals surface area contributed by atoms with Crippen molar-refractivity contribution < 1.29 is 137 Å². The highest BCUT2D eigenvalue weighted by atomic mass is 35.5. The number of nitrogens with one attached hydrogen (secondary N) is 6. The zero-order valence-electron chi connectivity index (χ0n) is 71.9. The lowest BCUT2D eigenvalue weighted by molar-refractivity contribution is -0.333. The molecule has 8 heterocycles. The number of amides is 6. The van der Waals surface area contributed by atoms with E-state index in [0.29, 0.717) is 16.5 Å². The van der Waals surface area contributed by atoms with E-state index < -0.39 is 270 Å². The van der Waals surface area contributed by atoms with Gasteiger partial charge in [-0.2, -0.15) is 15.0 Å². The normalized spacial score (nSPS) is 24.2. The Bertz CT molecular complexity index is 6410. The molecule has 6 amide bonds. The number of aliphatic hydroxyl groups is 6. The van der Waals surface area contributed by atoms with Gasteiger partial charge in [-0.3, -0.25) is 43.2 Å². The predicted molar refractivity (Wildman–Crippen MR) is 477 cm³/mol. The first-order chi connectivity index (χ1) is 63.8. The third kappa shape index (κ3) is 20.7. The van der Waals surface area contributed by atoms with Crippen LogP contribution in [0.4, 0.5) is 17.6 Å². The number of aromatic hydroxyl groups is 4. The maximum absolute atomic E-state index is 16.4. The molecule has 2 fully saturated rings. The number of carboxylic acids is 2. The van der Waals surface area contributed by atoms with Crippen molar-refractivity contribution in [3.8, 4) is 85.3 Å². The number of halogens is 3. The monoisotopic (exact) mass is 1920 g/mol. The van der Waals surface area contributed by atoms with Crippen molar-refractivity contribution in [2.24, 2.45) is 23.1 Å². The van der Waals surface area contributed by atoms with Crippen LogP contribution >= 0.6 is 34.8 Å². The number of likely N-dealkylation sites (N-methyl/N-ethyl adjacent to an activating group) is 1. The summed E-state index contributed by atoms with van der Waals surface area (Å²) in [7, 11) is 1.35. The van der Waals surface area contributed by atoms with Gasteiger partial charge in [0.2, 0.25) is 64.7 Å². The van der Waals surface area contributed by atoms with Crippen molar-refractivity contribution in [2.75, 3.05) is 23.9 Å². The van der Waals surface area contributed by atoms with Crippen LogP contribution in [0.1, 0.15) is 122 Å². The molecule has 0 spiro atoms. The Labute approximate surface area is 779 Å². The summed E-state index contributed by atoms with van der Waals surface area (Å²) in [4.78, 5) is 159. The number of aromatic nitrogens is 3. The van der Waals surface area contributed by atoms with Gasteiger partial charge in [-0.15, -0.1) is 0 Å². The van der Waals surface area contributed by atoms with Crippen LogP contribution in [0.25, 0.3) is 44.5 Å². The first-order valence-corrected chi connectivity index (χ1v) is 42.7. The number of rotatable bonds is 22. The standard InChI is InChI=1S/C90H90Cl3N13O29/c1-33(2)19-53(106(6)89-104-87(93)103-88(105-89)97-40-10-13-44(47(25-40)84(125)126)65-45-14-11-41(109)28-58(45)132-59-29-42(110)12-15-46(59)65)80(121)102-71-73(116)38-9-18-57(51(92)22-38)131-61-24-39-23-60(76(61)135-86-77(75(118)74(117)62(32-107)133-86)134-64-31-90(5,96)78(119)35(4)129-64)130-56-17-8-37(21-50(56)91)72(115)68(34(3)108)99-81(122)69(101-82(123)70(39)100-79(120)52(30-63(94)114)98-83(71)124)36-7-16-54(112)48(20-36)66-49(67(95)85(127)128)26-43(111)27-55(66)113/h7-18,20-29,33,35,52-53,62,64,67-75,77-78,86,107,109,111-113,115-119H,19,30-32,95-96H2,1-6H3,(H2,94,114)(H,98,124)(H,99,122)(H,100,120)(H,101,123)(H,102,121)(H,125,126)(H,127,128)(H,97,103,104,105). The molecule has 135 heavy (non-hydrogen) atoms. The van der Waals surface area contributed by atoms with E-state index in [1.807, 2.05) is 0 Å². The topological polar surface area (TPSA) is 674 Å². The van der Waals surface area contributed by atoms with Gasteiger partial charge in [0.1, 0.15) is 119 Å². The number of aliphatic carboxylic acids is 1. The Morgan fingerprint density at radius 1 is 0.667 bits per heavy atom. The highest BCUT2D eigenvalue weighted by molar-refractivity contribution is 6.32. The minimum atomic E-state index is -2.48. The Kier molecular flexibility index (Phi) is 28.4. The number of nitrogens with two attached hydrogens (primary N) is 3.